The third-order valence-electron chi connectivity index (χ3n) is 1.46. The Morgan fingerprint density at radius 1 is 1.17 bits per heavy atom. The van der Waals surface area contributed by atoms with Crippen LogP contribution in [-0.2, 0) is 0 Å². The van der Waals surface area contributed by atoms with Gasteiger partial charge in [-0.15, -0.1) is 0 Å². The van der Waals surface area contributed by atoms with Crippen LogP contribution in [0.2, 0.25) is 0 Å². The summed E-state index contributed by atoms with van der Waals surface area (Å²) >= 11 is 0. The minimum Gasteiger partial charge on any atom is -0.368 e. The first-order chi connectivity index (χ1) is 5.63. The monoisotopic (exact) mass is 168 g/mol. The number of nitrogen functional groups attached to an aromatic ring is 2. The van der Waals surface area contributed by atoms with Gasteiger partial charge < -0.3 is 17.2 Å². The maximum Gasteiger partial charge on any atom is 0.225 e. The summed E-state index contributed by atoms with van der Waals surface area (Å²) in [7, 11) is 0. The van der Waals surface area contributed by atoms with Gasteiger partial charge in [-0.3, -0.25) is 0 Å². The van der Waals surface area contributed by atoms with Gasteiger partial charge in [0.15, 0.2) is 5.82 Å². The number of hydrogen-bond acceptors (Lipinski definition) is 6. The standard InChI is InChI=1S/C6H12N6/c1-2-3(7)4-10-5(8)12-6(9)11-4/h3H,2,7H2,1H3,(H4,8,9,10,11,12)/t3-/m0/s1. The van der Waals surface area contributed by atoms with Crippen molar-refractivity contribution in [1.29, 1.82) is 0 Å². The largest absolute Gasteiger partial charge is 0.368 e. The Bertz CT molecular complexity index is 252. The van der Waals surface area contributed by atoms with E-state index in [0.717, 1.165) is 6.42 Å². The summed E-state index contributed by atoms with van der Waals surface area (Å²) < 4.78 is 0. The molecule has 1 rings (SSSR count). The maximum absolute atomic E-state index is 5.67. The Balaban J connectivity index is 3.00. The van der Waals surface area contributed by atoms with Gasteiger partial charge in [0.1, 0.15) is 0 Å². The van der Waals surface area contributed by atoms with Gasteiger partial charge in [-0.25, -0.2) is 0 Å². The van der Waals surface area contributed by atoms with E-state index >= 15 is 0 Å². The van der Waals surface area contributed by atoms with Gasteiger partial charge in [0.05, 0.1) is 6.04 Å². The molecule has 1 atom stereocenters. The Morgan fingerprint density at radius 2 is 1.67 bits per heavy atom. The average molecular weight is 168 g/mol. The van der Waals surface area contributed by atoms with Crippen molar-refractivity contribution in [2.24, 2.45) is 5.73 Å². The minimum absolute atomic E-state index is 0.112. The van der Waals surface area contributed by atoms with E-state index < -0.39 is 0 Å². The second-order valence-electron chi connectivity index (χ2n) is 2.42. The number of aromatic nitrogens is 3. The zero-order valence-electron chi connectivity index (χ0n) is 6.86. The van der Waals surface area contributed by atoms with E-state index in [-0.39, 0.29) is 17.9 Å². The minimum atomic E-state index is -0.224. The SMILES string of the molecule is CC[C@H](N)c1nc(N)nc(N)n1. The Hall–Kier alpha value is -1.43. The normalized spacial score (nSPS) is 12.8. The molecule has 1 aromatic rings. The lowest BCUT2D eigenvalue weighted by molar-refractivity contribution is 0.647. The van der Waals surface area contributed by atoms with Crippen LogP contribution in [-0.4, -0.2) is 15.0 Å². The van der Waals surface area contributed by atoms with Gasteiger partial charge >= 0.3 is 0 Å². The highest BCUT2D eigenvalue weighted by molar-refractivity contribution is 5.26. The van der Waals surface area contributed by atoms with E-state index in [2.05, 4.69) is 15.0 Å². The molecule has 6 N–H and O–H groups in total. The van der Waals surface area contributed by atoms with Gasteiger partial charge in [-0.1, -0.05) is 6.92 Å². The van der Waals surface area contributed by atoms with Gasteiger partial charge in [-0.2, -0.15) is 15.0 Å². The van der Waals surface area contributed by atoms with Crippen LogP contribution >= 0.6 is 0 Å². The first kappa shape index (κ1) is 8.66. The first-order valence-electron chi connectivity index (χ1n) is 3.66. The van der Waals surface area contributed by atoms with Crippen molar-refractivity contribution in [2.75, 3.05) is 11.5 Å². The summed E-state index contributed by atoms with van der Waals surface area (Å²) in [6.07, 6.45) is 0.739. The average Bonchev–Trinajstić information content (AvgIpc) is 2.01. The smallest absolute Gasteiger partial charge is 0.225 e. The third-order valence-corrected chi connectivity index (χ3v) is 1.46. The van der Waals surface area contributed by atoms with Crippen molar-refractivity contribution >= 4 is 11.9 Å². The first-order valence-corrected chi connectivity index (χ1v) is 3.66. The molecule has 0 saturated heterocycles. The number of hydrogen-bond donors (Lipinski definition) is 3. The molecule has 0 unspecified atom stereocenters. The number of nitrogens with two attached hydrogens (primary N) is 3. The van der Waals surface area contributed by atoms with Crippen LogP contribution in [0, 0.1) is 0 Å². The molecule has 0 fully saturated rings. The summed E-state index contributed by atoms with van der Waals surface area (Å²) in [6.45, 7) is 1.93. The second-order valence-corrected chi connectivity index (χ2v) is 2.42. The molecule has 0 aromatic carbocycles. The molecule has 0 radical (unpaired) electrons. The highest BCUT2D eigenvalue weighted by Crippen LogP contribution is 2.09. The van der Waals surface area contributed by atoms with Gasteiger partial charge in [-0.05, 0) is 6.42 Å². The van der Waals surface area contributed by atoms with Crippen molar-refractivity contribution in [3.05, 3.63) is 5.82 Å². The van der Waals surface area contributed by atoms with Gasteiger partial charge in [0.25, 0.3) is 0 Å². The molecule has 0 aliphatic rings. The van der Waals surface area contributed by atoms with Crippen molar-refractivity contribution in [3.63, 3.8) is 0 Å². The second kappa shape index (κ2) is 3.31. The van der Waals surface area contributed by atoms with Gasteiger partial charge in [0, 0.05) is 0 Å². The summed E-state index contributed by atoms with van der Waals surface area (Å²) in [5.74, 6) is 0.672. The number of rotatable bonds is 2. The van der Waals surface area contributed by atoms with E-state index in [0.29, 0.717) is 5.82 Å². The molecule has 66 valence electrons. The molecular weight excluding hydrogens is 156 g/mol. The zero-order chi connectivity index (χ0) is 9.14. The molecule has 1 heterocycles. The van der Waals surface area contributed by atoms with Crippen LogP contribution in [0.4, 0.5) is 11.9 Å². The summed E-state index contributed by atoms with van der Waals surface area (Å²) in [5, 5.41) is 0. The predicted molar refractivity (Wildman–Crippen MR) is 45.9 cm³/mol. The van der Waals surface area contributed by atoms with Crippen LogP contribution in [0.5, 0.6) is 0 Å². The topological polar surface area (TPSA) is 117 Å². The molecule has 0 bridgehead atoms. The Kier molecular flexibility index (Phi) is 2.39. The molecule has 0 amide bonds. The van der Waals surface area contributed by atoms with E-state index in [1.54, 1.807) is 0 Å². The Morgan fingerprint density at radius 3 is 2.08 bits per heavy atom. The summed E-state index contributed by atoms with van der Waals surface area (Å²) in [6, 6.07) is -0.224. The lowest BCUT2D eigenvalue weighted by Gasteiger charge is -2.06. The fraction of sp³-hybridized carbons (Fsp3) is 0.500. The molecule has 1 aromatic heterocycles. The molecule has 0 aliphatic carbocycles. The van der Waals surface area contributed by atoms with E-state index in [1.165, 1.54) is 0 Å². The van der Waals surface area contributed by atoms with Gasteiger partial charge in [0.2, 0.25) is 11.9 Å². The van der Waals surface area contributed by atoms with Crippen molar-refractivity contribution in [3.8, 4) is 0 Å². The summed E-state index contributed by atoms with van der Waals surface area (Å²) in [4.78, 5) is 11.3. The molecule has 6 heteroatoms. The quantitative estimate of drug-likeness (QED) is 0.545. The summed E-state index contributed by atoms with van der Waals surface area (Å²) in [5.41, 5.74) is 16.4. The lowest BCUT2D eigenvalue weighted by Crippen LogP contribution is -2.16. The van der Waals surface area contributed by atoms with Crippen molar-refractivity contribution < 1.29 is 0 Å². The fourth-order valence-electron chi connectivity index (χ4n) is 0.775. The van der Waals surface area contributed by atoms with Crippen LogP contribution in [0.25, 0.3) is 0 Å². The molecule has 0 aliphatic heterocycles. The molecular formula is C6H12N6. The maximum atomic E-state index is 5.67. The van der Waals surface area contributed by atoms with Crippen LogP contribution in [0.3, 0.4) is 0 Å². The Labute approximate surface area is 70.2 Å². The van der Waals surface area contributed by atoms with E-state index in [4.69, 9.17) is 17.2 Å². The van der Waals surface area contributed by atoms with Crippen molar-refractivity contribution in [2.45, 2.75) is 19.4 Å². The van der Waals surface area contributed by atoms with Crippen LogP contribution < -0.4 is 17.2 Å². The van der Waals surface area contributed by atoms with E-state index in [9.17, 15) is 0 Å². The lowest BCUT2D eigenvalue weighted by atomic mass is 10.2. The molecule has 6 nitrogen and oxygen atoms in total. The van der Waals surface area contributed by atoms with Crippen molar-refractivity contribution in [1.82, 2.24) is 15.0 Å². The molecule has 0 spiro atoms. The third kappa shape index (κ3) is 1.79. The highest BCUT2D eigenvalue weighted by atomic mass is 15.1. The number of anilines is 2. The fourth-order valence-corrected chi connectivity index (χ4v) is 0.775. The zero-order valence-corrected chi connectivity index (χ0v) is 6.86. The van der Waals surface area contributed by atoms with Crippen LogP contribution in [0.1, 0.15) is 25.2 Å². The highest BCUT2D eigenvalue weighted by Gasteiger charge is 2.08. The molecule has 0 saturated carbocycles. The molecule has 12 heavy (non-hydrogen) atoms. The van der Waals surface area contributed by atoms with E-state index in [1.807, 2.05) is 6.92 Å². The number of nitrogens with zero attached hydrogens (tertiary/aromatic N) is 3. The van der Waals surface area contributed by atoms with Crippen LogP contribution in [0.15, 0.2) is 0 Å². The predicted octanol–water partition coefficient (Wildman–Crippen LogP) is -0.554.